The number of nitrogens with zero attached hydrogens (tertiary/aromatic N) is 4. The van der Waals surface area contributed by atoms with Gasteiger partial charge in [0.2, 0.25) is 17.0 Å². The van der Waals surface area contributed by atoms with Gasteiger partial charge in [-0.3, -0.25) is 9.89 Å². The molecule has 2 N–H and O–H groups in total. The number of thioether (sulfide) groups is 1. The zero-order valence-corrected chi connectivity index (χ0v) is 16.5. The number of H-pyrrole nitrogens is 1. The summed E-state index contributed by atoms with van der Waals surface area (Å²) < 4.78 is 10.5. The maximum atomic E-state index is 12.0. The van der Waals surface area contributed by atoms with Crippen molar-refractivity contribution in [2.24, 2.45) is 0 Å². The van der Waals surface area contributed by atoms with Crippen LogP contribution in [0, 0.1) is 0 Å². The number of carbonyl (C=O) groups excluding carboxylic acids is 1. The maximum Gasteiger partial charge on any atom is 0.227 e. The molecule has 0 saturated carbocycles. The Morgan fingerprint density at radius 3 is 2.86 bits per heavy atom. The van der Waals surface area contributed by atoms with Gasteiger partial charge in [0.15, 0.2) is 17.4 Å². The third-order valence-corrected chi connectivity index (χ3v) is 4.85. The van der Waals surface area contributed by atoms with Gasteiger partial charge in [-0.05, 0) is 36.4 Å². The van der Waals surface area contributed by atoms with Gasteiger partial charge in [0.1, 0.15) is 0 Å². The van der Waals surface area contributed by atoms with Gasteiger partial charge in [0.05, 0.1) is 12.0 Å². The minimum atomic E-state index is -0.146. The minimum Gasteiger partial charge on any atom is -0.461 e. The molecule has 3 heterocycles. The molecular weight excluding hydrogens is 416 g/mol. The zero-order chi connectivity index (χ0) is 20.1. The number of aryl methyl sites for hydroxylation is 1. The predicted molar refractivity (Wildman–Crippen MR) is 106 cm³/mol. The topological polar surface area (TPSA) is 123 Å². The Hall–Kier alpha value is -3.11. The summed E-state index contributed by atoms with van der Waals surface area (Å²) in [4.78, 5) is 20.6. The van der Waals surface area contributed by atoms with E-state index in [4.69, 9.17) is 20.5 Å². The number of halogens is 1. The molecule has 29 heavy (non-hydrogen) atoms. The number of furan rings is 1. The first-order valence-electron chi connectivity index (χ1n) is 8.62. The van der Waals surface area contributed by atoms with Crippen LogP contribution in [0.3, 0.4) is 0 Å². The van der Waals surface area contributed by atoms with E-state index in [0.29, 0.717) is 51.3 Å². The highest BCUT2D eigenvalue weighted by Crippen LogP contribution is 2.21. The van der Waals surface area contributed by atoms with Crippen molar-refractivity contribution in [2.45, 2.75) is 23.8 Å². The normalized spacial score (nSPS) is 10.9. The molecule has 1 aromatic carbocycles. The molecule has 0 aliphatic carbocycles. The van der Waals surface area contributed by atoms with Crippen molar-refractivity contribution < 1.29 is 13.7 Å². The summed E-state index contributed by atoms with van der Waals surface area (Å²) in [6.07, 6.45) is 2.15. The number of aromatic nitrogens is 5. The highest BCUT2D eigenvalue weighted by Gasteiger charge is 2.12. The predicted octanol–water partition coefficient (Wildman–Crippen LogP) is 3.96. The summed E-state index contributed by atoms with van der Waals surface area (Å²) >= 11 is 7.19. The van der Waals surface area contributed by atoms with Crippen molar-refractivity contribution >= 4 is 35.0 Å². The van der Waals surface area contributed by atoms with E-state index in [1.54, 1.807) is 42.7 Å². The monoisotopic (exact) mass is 430 g/mol. The molecule has 0 unspecified atom stereocenters. The van der Waals surface area contributed by atoms with E-state index >= 15 is 0 Å². The quantitative estimate of drug-likeness (QED) is 0.402. The molecule has 0 atom stereocenters. The van der Waals surface area contributed by atoms with Crippen molar-refractivity contribution in [3.8, 4) is 11.6 Å². The number of nitrogens with one attached hydrogen (secondary N) is 2. The average molecular weight is 431 g/mol. The molecule has 0 aliphatic rings. The van der Waals surface area contributed by atoms with E-state index in [2.05, 4.69) is 30.6 Å². The van der Waals surface area contributed by atoms with Crippen LogP contribution in [0.2, 0.25) is 5.02 Å². The first-order chi connectivity index (χ1) is 14.2. The fourth-order valence-electron chi connectivity index (χ4n) is 2.39. The second-order valence-corrected chi connectivity index (χ2v) is 7.27. The molecular formula is C18H15ClN6O3S. The Bertz CT molecular complexity index is 1080. The third kappa shape index (κ3) is 5.24. The third-order valence-electron chi connectivity index (χ3n) is 3.75. The lowest BCUT2D eigenvalue weighted by Gasteiger charge is -2.03. The van der Waals surface area contributed by atoms with Crippen LogP contribution in [0.5, 0.6) is 0 Å². The molecule has 0 fully saturated rings. The van der Waals surface area contributed by atoms with Crippen molar-refractivity contribution in [3.05, 3.63) is 59.4 Å². The molecule has 0 radical (unpaired) electrons. The molecule has 4 aromatic rings. The van der Waals surface area contributed by atoms with Crippen LogP contribution < -0.4 is 5.32 Å². The molecule has 3 aromatic heterocycles. The van der Waals surface area contributed by atoms with Crippen molar-refractivity contribution in [3.63, 3.8) is 0 Å². The Labute approximate surface area is 174 Å². The smallest absolute Gasteiger partial charge is 0.227 e. The Kier molecular flexibility index (Phi) is 5.92. The van der Waals surface area contributed by atoms with Crippen LogP contribution in [-0.2, 0) is 17.0 Å². The molecule has 0 saturated heterocycles. The van der Waals surface area contributed by atoms with E-state index in [9.17, 15) is 4.79 Å². The Morgan fingerprint density at radius 2 is 2.07 bits per heavy atom. The number of benzene rings is 1. The van der Waals surface area contributed by atoms with Gasteiger partial charge in [0, 0.05) is 23.6 Å². The van der Waals surface area contributed by atoms with Gasteiger partial charge in [-0.2, -0.15) is 9.97 Å². The summed E-state index contributed by atoms with van der Waals surface area (Å²) in [5, 5.41) is 14.8. The van der Waals surface area contributed by atoms with Gasteiger partial charge >= 0.3 is 0 Å². The molecule has 1 amide bonds. The molecule has 11 heteroatoms. The van der Waals surface area contributed by atoms with E-state index < -0.39 is 0 Å². The Balaban J connectivity index is 1.24. The van der Waals surface area contributed by atoms with Crippen LogP contribution in [0.4, 0.5) is 5.69 Å². The fraction of sp³-hybridized carbons (Fsp3) is 0.167. The highest BCUT2D eigenvalue weighted by molar-refractivity contribution is 7.98. The second kappa shape index (κ2) is 8.93. The highest BCUT2D eigenvalue weighted by atomic mass is 35.5. The van der Waals surface area contributed by atoms with E-state index in [1.165, 1.54) is 11.8 Å². The first-order valence-corrected chi connectivity index (χ1v) is 9.98. The fourth-order valence-corrected chi connectivity index (χ4v) is 3.16. The Morgan fingerprint density at radius 1 is 1.21 bits per heavy atom. The summed E-state index contributed by atoms with van der Waals surface area (Å²) in [6.45, 7) is 0. The van der Waals surface area contributed by atoms with Crippen LogP contribution in [0.1, 0.15) is 18.1 Å². The molecule has 9 nitrogen and oxygen atoms in total. The minimum absolute atomic E-state index is 0.146. The summed E-state index contributed by atoms with van der Waals surface area (Å²) in [7, 11) is 0. The van der Waals surface area contributed by atoms with Gasteiger partial charge in [-0.15, -0.1) is 5.10 Å². The lowest BCUT2D eigenvalue weighted by molar-refractivity contribution is -0.116. The second-order valence-electron chi connectivity index (χ2n) is 5.89. The number of hydrogen-bond donors (Lipinski definition) is 2. The number of anilines is 1. The van der Waals surface area contributed by atoms with E-state index in [0.717, 1.165) is 0 Å². The number of aromatic amines is 1. The first kappa shape index (κ1) is 19.2. The van der Waals surface area contributed by atoms with Gasteiger partial charge in [0.25, 0.3) is 0 Å². The SMILES string of the molecule is O=C(CCc1nc(CSc2n[nH]c(-c3ccco3)n2)no1)Nc1ccc(Cl)cc1. The van der Waals surface area contributed by atoms with Crippen LogP contribution in [0.15, 0.2) is 56.8 Å². The molecule has 0 bridgehead atoms. The summed E-state index contributed by atoms with van der Waals surface area (Å²) in [5.74, 6) is 2.37. The summed E-state index contributed by atoms with van der Waals surface area (Å²) in [5.41, 5.74) is 0.683. The largest absolute Gasteiger partial charge is 0.461 e. The van der Waals surface area contributed by atoms with Crippen LogP contribution >= 0.6 is 23.4 Å². The van der Waals surface area contributed by atoms with Gasteiger partial charge in [-0.25, -0.2) is 0 Å². The van der Waals surface area contributed by atoms with Crippen molar-refractivity contribution in [1.29, 1.82) is 0 Å². The lowest BCUT2D eigenvalue weighted by Crippen LogP contribution is -2.12. The number of carbonyl (C=O) groups is 1. The number of rotatable bonds is 8. The lowest BCUT2D eigenvalue weighted by atomic mass is 10.2. The standard InChI is InChI=1S/C18H15ClN6O3S/c19-11-3-5-12(6-4-11)20-15(26)7-8-16-21-14(25-28-16)10-29-18-22-17(23-24-18)13-2-1-9-27-13/h1-6,9H,7-8,10H2,(H,20,26)(H,22,23,24). The van der Waals surface area contributed by atoms with Crippen LogP contribution in [-0.4, -0.2) is 31.2 Å². The van der Waals surface area contributed by atoms with Crippen molar-refractivity contribution in [2.75, 3.05) is 5.32 Å². The zero-order valence-electron chi connectivity index (χ0n) is 15.0. The number of hydrogen-bond acceptors (Lipinski definition) is 8. The summed E-state index contributed by atoms with van der Waals surface area (Å²) in [6, 6.07) is 10.5. The molecule has 148 valence electrons. The van der Waals surface area contributed by atoms with Gasteiger partial charge < -0.3 is 14.3 Å². The maximum absolute atomic E-state index is 12.0. The average Bonchev–Trinajstić information content (AvgIpc) is 3.47. The van der Waals surface area contributed by atoms with E-state index in [1.807, 2.05) is 0 Å². The number of amides is 1. The van der Waals surface area contributed by atoms with Gasteiger partial charge in [-0.1, -0.05) is 28.5 Å². The molecule has 4 rings (SSSR count). The molecule has 0 spiro atoms. The van der Waals surface area contributed by atoms with Crippen LogP contribution in [0.25, 0.3) is 11.6 Å². The van der Waals surface area contributed by atoms with Crippen molar-refractivity contribution in [1.82, 2.24) is 25.3 Å². The van der Waals surface area contributed by atoms with E-state index in [-0.39, 0.29) is 12.3 Å². The molecule has 0 aliphatic heterocycles.